The van der Waals surface area contributed by atoms with Gasteiger partial charge in [-0.15, -0.1) is 0 Å². The van der Waals surface area contributed by atoms with Crippen LogP contribution in [0.25, 0.3) is 0 Å². The Labute approximate surface area is 127 Å². The van der Waals surface area contributed by atoms with Gasteiger partial charge in [-0.3, -0.25) is 4.79 Å². The molecule has 0 heterocycles. The Morgan fingerprint density at radius 3 is 2.85 bits per heavy atom. The summed E-state index contributed by atoms with van der Waals surface area (Å²) in [5, 5.41) is 0. The van der Waals surface area contributed by atoms with E-state index in [1.54, 1.807) is 0 Å². The summed E-state index contributed by atoms with van der Waals surface area (Å²) in [5.74, 6) is 2.28. The van der Waals surface area contributed by atoms with Crippen molar-refractivity contribution in [2.75, 3.05) is 13.2 Å². The van der Waals surface area contributed by atoms with Crippen LogP contribution in [0.2, 0.25) is 0 Å². The van der Waals surface area contributed by atoms with Gasteiger partial charge >= 0.3 is 5.97 Å². The third-order valence-electron chi connectivity index (χ3n) is 4.43. The van der Waals surface area contributed by atoms with Crippen LogP contribution >= 0.6 is 15.9 Å². The Bertz CT molecular complexity index is 488. The van der Waals surface area contributed by atoms with E-state index in [1.807, 2.05) is 24.3 Å². The van der Waals surface area contributed by atoms with E-state index >= 15 is 0 Å². The van der Waals surface area contributed by atoms with Crippen molar-refractivity contribution in [3.63, 3.8) is 0 Å². The molecule has 2 saturated carbocycles. The van der Waals surface area contributed by atoms with Crippen LogP contribution in [-0.2, 0) is 9.53 Å². The maximum Gasteiger partial charge on any atom is 0.309 e. The third kappa shape index (κ3) is 3.17. The molecule has 20 heavy (non-hydrogen) atoms. The van der Waals surface area contributed by atoms with Gasteiger partial charge in [-0.25, -0.2) is 0 Å². The second-order valence-electron chi connectivity index (χ2n) is 5.75. The molecule has 4 heteroatoms. The molecule has 2 bridgehead atoms. The van der Waals surface area contributed by atoms with E-state index in [-0.39, 0.29) is 11.9 Å². The fourth-order valence-corrected chi connectivity index (χ4v) is 3.88. The van der Waals surface area contributed by atoms with Gasteiger partial charge in [0.1, 0.15) is 19.0 Å². The Hall–Kier alpha value is -1.03. The molecule has 0 N–H and O–H groups in total. The molecule has 3 unspecified atom stereocenters. The van der Waals surface area contributed by atoms with Gasteiger partial charge in [0.05, 0.1) is 5.92 Å². The minimum atomic E-state index is -0.0185. The predicted octanol–water partition coefficient (Wildman–Crippen LogP) is 3.81. The molecule has 2 fully saturated rings. The largest absolute Gasteiger partial charge is 0.490 e. The first-order chi connectivity index (χ1) is 9.72. The molecular formula is C16H19BrO3. The van der Waals surface area contributed by atoms with E-state index in [1.165, 1.54) is 19.3 Å². The van der Waals surface area contributed by atoms with Crippen molar-refractivity contribution in [1.82, 2.24) is 0 Å². The number of halogens is 1. The Morgan fingerprint density at radius 1 is 1.25 bits per heavy atom. The lowest BCUT2D eigenvalue weighted by Crippen LogP contribution is -2.24. The molecule has 0 spiro atoms. The second kappa shape index (κ2) is 6.17. The van der Waals surface area contributed by atoms with Crippen LogP contribution in [0.15, 0.2) is 28.7 Å². The summed E-state index contributed by atoms with van der Waals surface area (Å²) in [4.78, 5) is 12.0. The smallest absolute Gasteiger partial charge is 0.309 e. The van der Waals surface area contributed by atoms with Crippen molar-refractivity contribution in [3.8, 4) is 5.75 Å². The summed E-state index contributed by atoms with van der Waals surface area (Å²) in [6, 6.07) is 7.66. The van der Waals surface area contributed by atoms with Crippen molar-refractivity contribution in [2.24, 2.45) is 17.8 Å². The highest BCUT2D eigenvalue weighted by molar-refractivity contribution is 9.10. The highest BCUT2D eigenvalue weighted by atomic mass is 79.9. The zero-order valence-corrected chi connectivity index (χ0v) is 13.0. The number of carbonyl (C=O) groups is 1. The molecule has 1 aromatic rings. The Balaban J connectivity index is 1.38. The summed E-state index contributed by atoms with van der Waals surface area (Å²) in [6.45, 7) is 0.738. The molecule has 108 valence electrons. The number of rotatable bonds is 5. The summed E-state index contributed by atoms with van der Waals surface area (Å²) < 4.78 is 11.9. The topological polar surface area (TPSA) is 35.5 Å². The number of hydrogen-bond acceptors (Lipinski definition) is 3. The first-order valence-electron chi connectivity index (χ1n) is 7.27. The van der Waals surface area contributed by atoms with Crippen LogP contribution < -0.4 is 4.74 Å². The average molecular weight is 339 g/mol. The van der Waals surface area contributed by atoms with Crippen molar-refractivity contribution < 1.29 is 14.3 Å². The van der Waals surface area contributed by atoms with E-state index in [9.17, 15) is 4.79 Å². The van der Waals surface area contributed by atoms with E-state index < -0.39 is 0 Å². The SMILES string of the molecule is O=C(OCCOc1cccc(Br)c1)C1CC2CCC1C2. The monoisotopic (exact) mass is 338 g/mol. The molecule has 0 saturated heterocycles. The van der Waals surface area contributed by atoms with Crippen molar-refractivity contribution in [1.29, 1.82) is 0 Å². The van der Waals surface area contributed by atoms with Crippen LogP contribution in [0.3, 0.4) is 0 Å². The molecule has 1 aromatic carbocycles. The van der Waals surface area contributed by atoms with Crippen molar-refractivity contribution in [2.45, 2.75) is 25.7 Å². The maximum absolute atomic E-state index is 12.0. The van der Waals surface area contributed by atoms with Gasteiger partial charge in [0, 0.05) is 4.47 Å². The number of hydrogen-bond donors (Lipinski definition) is 0. The van der Waals surface area contributed by atoms with Gasteiger partial charge in [0.15, 0.2) is 0 Å². The average Bonchev–Trinajstić information content (AvgIpc) is 3.06. The van der Waals surface area contributed by atoms with Crippen LogP contribution in [0, 0.1) is 17.8 Å². The van der Waals surface area contributed by atoms with E-state index in [4.69, 9.17) is 9.47 Å². The highest BCUT2D eigenvalue weighted by Gasteiger charge is 2.43. The summed E-state index contributed by atoms with van der Waals surface area (Å²) in [5.41, 5.74) is 0. The summed E-state index contributed by atoms with van der Waals surface area (Å²) in [7, 11) is 0. The Morgan fingerprint density at radius 2 is 2.15 bits per heavy atom. The molecule has 0 amide bonds. The minimum Gasteiger partial charge on any atom is -0.490 e. The lowest BCUT2D eigenvalue weighted by molar-refractivity contribution is -0.151. The fraction of sp³-hybridized carbons (Fsp3) is 0.562. The normalized spacial score (nSPS) is 27.6. The first-order valence-corrected chi connectivity index (χ1v) is 8.06. The van der Waals surface area contributed by atoms with E-state index in [0.717, 1.165) is 22.6 Å². The first kappa shape index (κ1) is 13.9. The number of carbonyl (C=O) groups excluding carboxylic acids is 1. The lowest BCUT2D eigenvalue weighted by atomic mass is 9.89. The highest BCUT2D eigenvalue weighted by Crippen LogP contribution is 2.48. The lowest BCUT2D eigenvalue weighted by Gasteiger charge is -2.19. The fourth-order valence-electron chi connectivity index (χ4n) is 3.50. The van der Waals surface area contributed by atoms with Gasteiger partial charge in [-0.2, -0.15) is 0 Å². The molecule has 0 aliphatic heterocycles. The molecule has 2 aliphatic rings. The molecule has 0 radical (unpaired) electrons. The summed E-state index contributed by atoms with van der Waals surface area (Å²) >= 11 is 3.39. The zero-order chi connectivity index (χ0) is 13.9. The number of esters is 1. The number of benzene rings is 1. The van der Waals surface area contributed by atoms with Gasteiger partial charge in [-0.05, 0) is 49.3 Å². The summed E-state index contributed by atoms with van der Waals surface area (Å²) in [6.07, 6.45) is 4.78. The molecule has 3 atom stereocenters. The van der Waals surface area contributed by atoms with Gasteiger partial charge in [0.25, 0.3) is 0 Å². The zero-order valence-electron chi connectivity index (χ0n) is 11.4. The van der Waals surface area contributed by atoms with Crippen molar-refractivity contribution >= 4 is 21.9 Å². The van der Waals surface area contributed by atoms with Crippen LogP contribution in [-0.4, -0.2) is 19.2 Å². The Kier molecular flexibility index (Phi) is 4.29. The van der Waals surface area contributed by atoms with Crippen LogP contribution in [0.5, 0.6) is 5.75 Å². The van der Waals surface area contributed by atoms with E-state index in [0.29, 0.717) is 19.1 Å². The number of ether oxygens (including phenoxy) is 2. The van der Waals surface area contributed by atoms with Crippen LogP contribution in [0.1, 0.15) is 25.7 Å². The molecule has 3 nitrogen and oxygen atoms in total. The standard InChI is InChI=1S/C16H19BrO3/c17-13-2-1-3-14(10-13)19-6-7-20-16(18)15-9-11-4-5-12(15)8-11/h1-3,10-12,15H,4-9H2. The maximum atomic E-state index is 12.0. The predicted molar refractivity (Wildman–Crippen MR) is 79.5 cm³/mol. The second-order valence-corrected chi connectivity index (χ2v) is 6.67. The molecular weight excluding hydrogens is 320 g/mol. The van der Waals surface area contributed by atoms with Crippen LogP contribution in [0.4, 0.5) is 0 Å². The van der Waals surface area contributed by atoms with Crippen molar-refractivity contribution in [3.05, 3.63) is 28.7 Å². The molecule has 2 aliphatic carbocycles. The van der Waals surface area contributed by atoms with Gasteiger partial charge in [-0.1, -0.05) is 28.4 Å². The third-order valence-corrected chi connectivity index (χ3v) is 4.93. The quantitative estimate of drug-likeness (QED) is 0.605. The minimum absolute atomic E-state index is 0.0185. The van der Waals surface area contributed by atoms with Gasteiger partial charge < -0.3 is 9.47 Å². The molecule has 3 rings (SSSR count). The van der Waals surface area contributed by atoms with Gasteiger partial charge in [0.2, 0.25) is 0 Å². The molecule has 0 aromatic heterocycles. The van der Waals surface area contributed by atoms with E-state index in [2.05, 4.69) is 15.9 Å². The number of fused-ring (bicyclic) bond motifs is 2.